The molecule has 0 radical (unpaired) electrons. The van der Waals surface area contributed by atoms with Crippen molar-refractivity contribution in [1.29, 1.82) is 5.26 Å². The molecule has 0 bridgehead atoms. The lowest BCUT2D eigenvalue weighted by Gasteiger charge is -2.18. The van der Waals surface area contributed by atoms with Gasteiger partial charge in [0.1, 0.15) is 0 Å². The molecule has 0 atom stereocenters. The fraction of sp³-hybridized carbons (Fsp3) is 0.136. The van der Waals surface area contributed by atoms with Gasteiger partial charge in [0.25, 0.3) is 11.8 Å². The highest BCUT2D eigenvalue weighted by molar-refractivity contribution is 6.03. The summed E-state index contributed by atoms with van der Waals surface area (Å²) in [6.45, 7) is 2.22. The molecule has 0 saturated carbocycles. The minimum absolute atomic E-state index is 0.184. The third-order valence-electron chi connectivity index (χ3n) is 4.30. The monoisotopic (exact) mass is 373 g/mol. The van der Waals surface area contributed by atoms with Crippen molar-refractivity contribution < 1.29 is 14.0 Å². The van der Waals surface area contributed by atoms with E-state index in [4.69, 9.17) is 9.68 Å². The van der Waals surface area contributed by atoms with Crippen LogP contribution in [-0.2, 0) is 6.54 Å². The number of amides is 2. The van der Waals surface area contributed by atoms with E-state index in [1.807, 2.05) is 13.0 Å². The van der Waals surface area contributed by atoms with Crippen LogP contribution in [0.1, 0.15) is 37.6 Å². The number of benzene rings is 2. The second-order valence-corrected chi connectivity index (χ2v) is 6.43. The molecule has 3 aromatic rings. The Labute approximate surface area is 163 Å². The van der Waals surface area contributed by atoms with E-state index in [0.717, 1.165) is 11.1 Å². The molecule has 0 aliphatic carbocycles. The molecule has 0 unspecified atom stereocenters. The van der Waals surface area contributed by atoms with Gasteiger partial charge in [-0.25, -0.2) is 0 Å². The summed E-state index contributed by atoms with van der Waals surface area (Å²) in [5.74, 6) is -0.360. The topological polar surface area (TPSA) is 86.3 Å². The first-order chi connectivity index (χ1) is 13.5. The number of nitriles is 1. The number of furan rings is 1. The molecular weight excluding hydrogens is 354 g/mol. The zero-order valence-corrected chi connectivity index (χ0v) is 15.6. The summed E-state index contributed by atoms with van der Waals surface area (Å²) >= 11 is 0. The van der Waals surface area contributed by atoms with Crippen LogP contribution in [0.5, 0.6) is 0 Å². The van der Waals surface area contributed by atoms with Crippen molar-refractivity contribution in [3.05, 3.63) is 88.9 Å². The fourth-order valence-corrected chi connectivity index (χ4v) is 2.79. The van der Waals surface area contributed by atoms with Gasteiger partial charge in [0.15, 0.2) is 5.76 Å². The van der Waals surface area contributed by atoms with Crippen LogP contribution in [0.15, 0.2) is 65.3 Å². The lowest BCUT2D eigenvalue weighted by Crippen LogP contribution is -2.26. The van der Waals surface area contributed by atoms with E-state index in [2.05, 4.69) is 11.4 Å². The van der Waals surface area contributed by atoms with Crippen molar-refractivity contribution in [3.8, 4) is 6.07 Å². The van der Waals surface area contributed by atoms with Crippen LogP contribution < -0.4 is 5.32 Å². The number of hydrogen-bond donors (Lipinski definition) is 1. The normalized spacial score (nSPS) is 10.2. The lowest BCUT2D eigenvalue weighted by molar-refractivity contribution is 0.0784. The Morgan fingerprint density at radius 1 is 1.14 bits per heavy atom. The first-order valence-electron chi connectivity index (χ1n) is 8.68. The quantitative estimate of drug-likeness (QED) is 0.733. The average molecular weight is 373 g/mol. The molecule has 3 rings (SSSR count). The summed E-state index contributed by atoms with van der Waals surface area (Å²) in [6, 6.07) is 17.6. The van der Waals surface area contributed by atoms with Crippen LogP contribution in [0.3, 0.4) is 0 Å². The molecule has 6 heteroatoms. The summed E-state index contributed by atoms with van der Waals surface area (Å²) < 4.78 is 5.10. The summed E-state index contributed by atoms with van der Waals surface area (Å²) in [4.78, 5) is 26.6. The maximum absolute atomic E-state index is 12.8. The summed E-state index contributed by atoms with van der Waals surface area (Å²) in [7, 11) is 1.70. The Bertz CT molecular complexity index is 1050. The highest BCUT2D eigenvalue weighted by Gasteiger charge is 2.16. The van der Waals surface area contributed by atoms with Gasteiger partial charge in [0.05, 0.1) is 17.9 Å². The third-order valence-corrected chi connectivity index (χ3v) is 4.30. The average Bonchev–Trinajstić information content (AvgIpc) is 3.24. The van der Waals surface area contributed by atoms with Gasteiger partial charge in [-0.3, -0.25) is 9.59 Å². The maximum Gasteiger partial charge on any atom is 0.291 e. The fourth-order valence-electron chi connectivity index (χ4n) is 2.79. The molecule has 2 aromatic carbocycles. The van der Waals surface area contributed by atoms with Crippen molar-refractivity contribution in [2.45, 2.75) is 13.5 Å². The maximum atomic E-state index is 12.8. The molecule has 28 heavy (non-hydrogen) atoms. The molecule has 1 aromatic heterocycles. The minimum Gasteiger partial charge on any atom is -0.459 e. The van der Waals surface area contributed by atoms with Crippen molar-refractivity contribution >= 4 is 17.5 Å². The van der Waals surface area contributed by atoms with Crippen LogP contribution in [0, 0.1) is 18.3 Å². The smallest absolute Gasteiger partial charge is 0.291 e. The van der Waals surface area contributed by atoms with Gasteiger partial charge in [0, 0.05) is 24.8 Å². The van der Waals surface area contributed by atoms with Gasteiger partial charge >= 0.3 is 0 Å². The zero-order chi connectivity index (χ0) is 20.1. The molecule has 0 saturated heterocycles. The number of anilines is 1. The molecule has 6 nitrogen and oxygen atoms in total. The number of aryl methyl sites for hydroxylation is 1. The standard InChI is InChI=1S/C22H19N3O3/c1-15-8-9-18(12-19(15)24-21(26)20-7-4-10-28-20)22(27)25(2)14-17-6-3-5-16(11-17)13-23/h3-12H,14H2,1-2H3,(H,24,26). The molecule has 0 aliphatic rings. The molecular formula is C22H19N3O3. The van der Waals surface area contributed by atoms with E-state index in [1.165, 1.54) is 6.26 Å². The van der Waals surface area contributed by atoms with Crippen LogP contribution in [0.25, 0.3) is 0 Å². The molecule has 1 N–H and O–H groups in total. The number of carbonyl (C=O) groups excluding carboxylic acids is 2. The Balaban J connectivity index is 1.76. The molecule has 0 aliphatic heterocycles. The third kappa shape index (κ3) is 4.27. The van der Waals surface area contributed by atoms with Gasteiger partial charge in [0.2, 0.25) is 0 Å². The van der Waals surface area contributed by atoms with Crippen LogP contribution in [0.4, 0.5) is 5.69 Å². The first-order valence-corrected chi connectivity index (χ1v) is 8.68. The molecule has 0 spiro atoms. The van der Waals surface area contributed by atoms with Gasteiger partial charge in [-0.05, 0) is 54.4 Å². The van der Waals surface area contributed by atoms with Crippen molar-refractivity contribution in [2.75, 3.05) is 12.4 Å². The number of nitrogens with zero attached hydrogens (tertiary/aromatic N) is 2. The Morgan fingerprint density at radius 2 is 1.96 bits per heavy atom. The summed E-state index contributed by atoms with van der Waals surface area (Å²) in [5, 5.41) is 11.8. The van der Waals surface area contributed by atoms with E-state index in [0.29, 0.717) is 23.4 Å². The predicted molar refractivity (Wildman–Crippen MR) is 105 cm³/mol. The number of nitrogens with one attached hydrogen (secondary N) is 1. The van der Waals surface area contributed by atoms with Crippen LogP contribution in [0.2, 0.25) is 0 Å². The van der Waals surface area contributed by atoms with E-state index >= 15 is 0 Å². The van der Waals surface area contributed by atoms with Crippen LogP contribution in [-0.4, -0.2) is 23.8 Å². The van der Waals surface area contributed by atoms with Crippen molar-refractivity contribution in [1.82, 2.24) is 4.90 Å². The SMILES string of the molecule is Cc1ccc(C(=O)N(C)Cc2cccc(C#N)c2)cc1NC(=O)c1ccco1. The van der Waals surface area contributed by atoms with E-state index in [-0.39, 0.29) is 17.6 Å². The van der Waals surface area contributed by atoms with E-state index < -0.39 is 0 Å². The summed E-state index contributed by atoms with van der Waals surface area (Å²) in [6.07, 6.45) is 1.43. The molecule has 140 valence electrons. The number of carbonyl (C=O) groups is 2. The van der Waals surface area contributed by atoms with Gasteiger partial charge in [-0.15, -0.1) is 0 Å². The van der Waals surface area contributed by atoms with E-state index in [9.17, 15) is 9.59 Å². The molecule has 0 fully saturated rings. The number of hydrogen-bond acceptors (Lipinski definition) is 4. The van der Waals surface area contributed by atoms with Crippen molar-refractivity contribution in [3.63, 3.8) is 0 Å². The first kappa shape index (κ1) is 18.9. The number of rotatable bonds is 5. The van der Waals surface area contributed by atoms with Crippen LogP contribution >= 0.6 is 0 Å². The van der Waals surface area contributed by atoms with Gasteiger partial charge in [-0.1, -0.05) is 18.2 Å². The lowest BCUT2D eigenvalue weighted by atomic mass is 10.1. The Kier molecular flexibility index (Phi) is 5.56. The zero-order valence-electron chi connectivity index (χ0n) is 15.6. The minimum atomic E-state index is -0.376. The Morgan fingerprint density at radius 3 is 2.68 bits per heavy atom. The molecule has 2 amide bonds. The molecule has 1 heterocycles. The second-order valence-electron chi connectivity index (χ2n) is 6.43. The Hall–Kier alpha value is -3.85. The highest BCUT2D eigenvalue weighted by Crippen LogP contribution is 2.20. The highest BCUT2D eigenvalue weighted by atomic mass is 16.3. The predicted octanol–water partition coefficient (Wildman–Crippen LogP) is 3.98. The largest absolute Gasteiger partial charge is 0.459 e. The van der Waals surface area contributed by atoms with Crippen molar-refractivity contribution in [2.24, 2.45) is 0 Å². The summed E-state index contributed by atoms with van der Waals surface area (Å²) in [5.41, 5.74) is 3.26. The van der Waals surface area contributed by atoms with Gasteiger partial charge in [-0.2, -0.15) is 5.26 Å². The van der Waals surface area contributed by atoms with Gasteiger partial charge < -0.3 is 14.6 Å². The second kappa shape index (κ2) is 8.23. The van der Waals surface area contributed by atoms with E-state index in [1.54, 1.807) is 60.5 Å².